The summed E-state index contributed by atoms with van der Waals surface area (Å²) in [6.45, 7) is 0.448. The number of nitrogens with two attached hydrogens (primary N) is 1. The minimum absolute atomic E-state index is 0.111. The summed E-state index contributed by atoms with van der Waals surface area (Å²) in [5.74, 6) is -0.784. The van der Waals surface area contributed by atoms with Gasteiger partial charge in [0, 0.05) is 12.1 Å². The highest BCUT2D eigenvalue weighted by Gasteiger charge is 2.09. The monoisotopic (exact) mass is 270 g/mol. The summed E-state index contributed by atoms with van der Waals surface area (Å²) >= 11 is 4.71. The Morgan fingerprint density at radius 2 is 2.28 bits per heavy atom. The molecule has 1 amide bonds. The summed E-state index contributed by atoms with van der Waals surface area (Å²) < 4.78 is 18.1. The lowest BCUT2D eigenvalue weighted by molar-refractivity contribution is 0.0953. The van der Waals surface area contributed by atoms with Crippen LogP contribution in [0.15, 0.2) is 18.2 Å². The number of carbonyl (C=O) groups is 1. The van der Waals surface area contributed by atoms with E-state index in [1.807, 2.05) is 0 Å². The zero-order chi connectivity index (χ0) is 13.5. The van der Waals surface area contributed by atoms with Crippen molar-refractivity contribution in [3.63, 3.8) is 0 Å². The van der Waals surface area contributed by atoms with E-state index in [-0.39, 0.29) is 17.2 Å². The van der Waals surface area contributed by atoms with Crippen LogP contribution in [0.3, 0.4) is 0 Å². The average Bonchev–Trinajstić information content (AvgIpc) is 2.34. The van der Waals surface area contributed by atoms with Gasteiger partial charge in [0.05, 0.1) is 12.1 Å². The quantitative estimate of drug-likeness (QED) is 0.609. The molecule has 1 aromatic carbocycles. The topological polar surface area (TPSA) is 64.3 Å². The lowest BCUT2D eigenvalue weighted by Crippen LogP contribution is -2.25. The molecule has 0 heterocycles. The van der Waals surface area contributed by atoms with Gasteiger partial charge in [-0.05, 0) is 31.0 Å². The summed E-state index contributed by atoms with van der Waals surface area (Å²) in [5, 5.41) is 2.66. The van der Waals surface area contributed by atoms with Gasteiger partial charge in [-0.1, -0.05) is 12.2 Å². The van der Waals surface area contributed by atoms with Crippen LogP contribution in [0.5, 0.6) is 5.75 Å². The van der Waals surface area contributed by atoms with Gasteiger partial charge in [-0.3, -0.25) is 4.79 Å². The van der Waals surface area contributed by atoms with Crippen LogP contribution in [-0.2, 0) is 0 Å². The van der Waals surface area contributed by atoms with Crippen molar-refractivity contribution in [2.24, 2.45) is 5.73 Å². The minimum atomic E-state index is -0.562. The molecule has 0 aliphatic heterocycles. The maximum Gasteiger partial charge on any atom is 0.251 e. The predicted molar refractivity (Wildman–Crippen MR) is 71.3 cm³/mol. The third-order valence-electron chi connectivity index (χ3n) is 2.30. The van der Waals surface area contributed by atoms with Gasteiger partial charge in [-0.15, -0.1) is 0 Å². The highest BCUT2D eigenvalue weighted by atomic mass is 32.1. The molecular weight excluding hydrogens is 255 g/mol. The molecule has 0 aromatic heterocycles. The van der Waals surface area contributed by atoms with E-state index in [4.69, 9.17) is 22.7 Å². The van der Waals surface area contributed by atoms with Crippen LogP contribution >= 0.6 is 12.2 Å². The third-order valence-corrected chi connectivity index (χ3v) is 2.50. The molecule has 1 rings (SSSR count). The number of ether oxygens (including phenoxy) is 1. The van der Waals surface area contributed by atoms with Gasteiger partial charge in [0.15, 0.2) is 11.6 Å². The molecule has 4 nitrogen and oxygen atoms in total. The van der Waals surface area contributed by atoms with Gasteiger partial charge in [0.1, 0.15) is 0 Å². The van der Waals surface area contributed by atoms with Crippen LogP contribution in [0.2, 0.25) is 0 Å². The number of amides is 1. The normalized spacial score (nSPS) is 9.89. The fraction of sp³-hybridized carbons (Fsp3) is 0.333. The number of halogens is 1. The Morgan fingerprint density at radius 1 is 1.56 bits per heavy atom. The van der Waals surface area contributed by atoms with Crippen molar-refractivity contribution in [1.82, 2.24) is 5.32 Å². The van der Waals surface area contributed by atoms with Crippen LogP contribution in [0, 0.1) is 5.82 Å². The number of benzene rings is 1. The number of nitrogens with one attached hydrogen (secondary N) is 1. The van der Waals surface area contributed by atoms with E-state index in [1.54, 1.807) is 0 Å². The van der Waals surface area contributed by atoms with Gasteiger partial charge >= 0.3 is 0 Å². The summed E-state index contributed by atoms with van der Waals surface area (Å²) in [5.41, 5.74) is 5.58. The molecule has 6 heteroatoms. The van der Waals surface area contributed by atoms with E-state index in [1.165, 1.54) is 19.2 Å². The highest BCUT2D eigenvalue weighted by molar-refractivity contribution is 7.80. The van der Waals surface area contributed by atoms with Crippen LogP contribution < -0.4 is 15.8 Å². The van der Waals surface area contributed by atoms with E-state index >= 15 is 0 Å². The molecule has 0 fully saturated rings. The van der Waals surface area contributed by atoms with Crippen molar-refractivity contribution in [1.29, 1.82) is 0 Å². The second-order valence-electron chi connectivity index (χ2n) is 3.68. The lowest BCUT2D eigenvalue weighted by Gasteiger charge is -2.06. The second kappa shape index (κ2) is 6.90. The molecule has 1 aromatic rings. The minimum Gasteiger partial charge on any atom is -0.494 e. The van der Waals surface area contributed by atoms with Crippen molar-refractivity contribution >= 4 is 23.1 Å². The number of rotatable bonds is 6. The molecule has 18 heavy (non-hydrogen) atoms. The molecule has 0 bridgehead atoms. The molecule has 0 radical (unpaired) electrons. The average molecular weight is 270 g/mol. The highest BCUT2D eigenvalue weighted by Crippen LogP contribution is 2.17. The number of hydrogen-bond donors (Lipinski definition) is 2. The molecule has 0 atom stereocenters. The van der Waals surface area contributed by atoms with Gasteiger partial charge in [-0.2, -0.15) is 0 Å². The van der Waals surface area contributed by atoms with Crippen LogP contribution in [0.25, 0.3) is 0 Å². The molecule has 98 valence electrons. The molecule has 0 unspecified atom stereocenters. The molecule has 0 saturated carbocycles. The van der Waals surface area contributed by atoms with Crippen LogP contribution in [0.1, 0.15) is 23.2 Å². The summed E-state index contributed by atoms with van der Waals surface area (Å²) in [6, 6.07) is 4.06. The molecule has 0 aliphatic carbocycles. The SMILES string of the molecule is COc1ccc(C(=O)NCCCC(N)=S)cc1F. The first-order valence-corrected chi connectivity index (χ1v) is 5.85. The zero-order valence-corrected chi connectivity index (χ0v) is 10.8. The number of hydrogen-bond acceptors (Lipinski definition) is 3. The van der Waals surface area contributed by atoms with Crippen molar-refractivity contribution in [3.8, 4) is 5.75 Å². The van der Waals surface area contributed by atoms with Crippen molar-refractivity contribution in [2.75, 3.05) is 13.7 Å². The van der Waals surface area contributed by atoms with E-state index in [0.29, 0.717) is 24.4 Å². The van der Waals surface area contributed by atoms with Crippen molar-refractivity contribution in [2.45, 2.75) is 12.8 Å². The molecule has 0 spiro atoms. The van der Waals surface area contributed by atoms with Crippen molar-refractivity contribution in [3.05, 3.63) is 29.6 Å². The van der Waals surface area contributed by atoms with Gasteiger partial charge in [-0.25, -0.2) is 4.39 Å². The Labute approximate surface area is 110 Å². The standard InChI is InChI=1S/C12H15FN2O2S/c1-17-10-5-4-8(7-9(10)13)12(16)15-6-2-3-11(14)18/h4-5,7H,2-3,6H2,1H3,(H2,14,18)(H,15,16). The Bertz CT molecular complexity index is 452. The Hall–Kier alpha value is -1.69. The van der Waals surface area contributed by atoms with Gasteiger partial charge in [0.25, 0.3) is 5.91 Å². The van der Waals surface area contributed by atoms with E-state index < -0.39 is 5.82 Å². The maximum absolute atomic E-state index is 13.4. The number of carbonyl (C=O) groups excluding carboxylic acids is 1. The fourth-order valence-corrected chi connectivity index (χ4v) is 1.52. The Balaban J connectivity index is 2.51. The first-order valence-electron chi connectivity index (χ1n) is 5.44. The largest absolute Gasteiger partial charge is 0.494 e. The molecular formula is C12H15FN2O2S. The lowest BCUT2D eigenvalue weighted by atomic mass is 10.2. The summed E-state index contributed by atoms with van der Waals surface area (Å²) in [4.78, 5) is 12.1. The van der Waals surface area contributed by atoms with E-state index in [9.17, 15) is 9.18 Å². The Morgan fingerprint density at radius 3 is 2.83 bits per heavy atom. The second-order valence-corrected chi connectivity index (χ2v) is 4.20. The molecule has 0 saturated heterocycles. The van der Waals surface area contributed by atoms with E-state index in [0.717, 1.165) is 6.07 Å². The van der Waals surface area contributed by atoms with Gasteiger partial charge < -0.3 is 15.8 Å². The van der Waals surface area contributed by atoms with Crippen LogP contribution in [-0.4, -0.2) is 24.6 Å². The Kier molecular flexibility index (Phi) is 5.51. The predicted octanol–water partition coefficient (Wildman–Crippen LogP) is 1.63. The summed E-state index contributed by atoms with van der Waals surface area (Å²) in [7, 11) is 1.37. The first kappa shape index (κ1) is 14.4. The van der Waals surface area contributed by atoms with Gasteiger partial charge in [0.2, 0.25) is 0 Å². The maximum atomic E-state index is 13.4. The van der Waals surface area contributed by atoms with Crippen molar-refractivity contribution < 1.29 is 13.9 Å². The fourth-order valence-electron chi connectivity index (χ4n) is 1.37. The summed E-state index contributed by atoms with van der Waals surface area (Å²) in [6.07, 6.45) is 1.24. The molecule has 0 aliphatic rings. The number of thiocarbonyl (C=S) groups is 1. The smallest absolute Gasteiger partial charge is 0.251 e. The van der Waals surface area contributed by atoms with E-state index in [2.05, 4.69) is 5.32 Å². The van der Waals surface area contributed by atoms with Crippen LogP contribution in [0.4, 0.5) is 4.39 Å². The first-order chi connectivity index (χ1) is 8.54. The molecule has 3 N–H and O–H groups in total. The third kappa shape index (κ3) is 4.29. The number of methoxy groups -OCH3 is 1. The zero-order valence-electron chi connectivity index (χ0n) is 10.0.